The molecule has 0 spiro atoms. The van der Waals surface area contributed by atoms with Gasteiger partial charge in [0.05, 0.1) is 6.10 Å². The maximum absolute atomic E-state index is 10.4. The van der Waals surface area contributed by atoms with Crippen LogP contribution in [0.5, 0.6) is 0 Å². The summed E-state index contributed by atoms with van der Waals surface area (Å²) >= 11 is 5.99. The highest BCUT2D eigenvalue weighted by Gasteiger charge is 2.16. The van der Waals surface area contributed by atoms with Crippen molar-refractivity contribution in [1.82, 2.24) is 4.90 Å². The van der Waals surface area contributed by atoms with Gasteiger partial charge in [0, 0.05) is 24.2 Å². The topological polar surface area (TPSA) is 23.5 Å². The van der Waals surface area contributed by atoms with Crippen LogP contribution in [0.2, 0.25) is 5.02 Å². The summed E-state index contributed by atoms with van der Waals surface area (Å²) in [5, 5.41) is 11.1. The quantitative estimate of drug-likeness (QED) is 0.861. The Labute approximate surface area is 132 Å². The average Bonchev–Trinajstić information content (AvgIpc) is 2.47. The van der Waals surface area contributed by atoms with Crippen LogP contribution in [0.4, 0.5) is 0 Å². The van der Waals surface area contributed by atoms with Gasteiger partial charge in [0.2, 0.25) is 0 Å². The molecule has 2 aromatic rings. The van der Waals surface area contributed by atoms with E-state index >= 15 is 0 Å². The molecule has 2 rings (SSSR count). The predicted octanol–water partition coefficient (Wildman–Crippen LogP) is 4.28. The second-order valence-corrected chi connectivity index (χ2v) is 6.02. The van der Waals surface area contributed by atoms with Crippen molar-refractivity contribution in [2.24, 2.45) is 0 Å². The van der Waals surface area contributed by atoms with E-state index in [1.54, 1.807) is 0 Å². The minimum Gasteiger partial charge on any atom is -0.387 e. The molecule has 0 aliphatic carbocycles. The molecular formula is C18H22ClNO. The number of aliphatic hydroxyl groups excluding tert-OH is 1. The highest BCUT2D eigenvalue weighted by molar-refractivity contribution is 6.30. The first-order chi connectivity index (χ1) is 10.1. The Morgan fingerprint density at radius 3 is 2.38 bits per heavy atom. The highest BCUT2D eigenvalue weighted by Crippen LogP contribution is 2.20. The Hall–Kier alpha value is -1.35. The lowest BCUT2D eigenvalue weighted by molar-refractivity contribution is 0.0908. The van der Waals surface area contributed by atoms with Crippen LogP contribution in [0, 0.1) is 0 Å². The van der Waals surface area contributed by atoms with Crippen LogP contribution in [-0.2, 0) is 6.54 Å². The van der Waals surface area contributed by atoms with Crippen molar-refractivity contribution in [2.75, 3.05) is 6.54 Å². The van der Waals surface area contributed by atoms with Crippen LogP contribution in [0.1, 0.15) is 31.1 Å². The summed E-state index contributed by atoms with van der Waals surface area (Å²) in [6, 6.07) is 18.1. The van der Waals surface area contributed by atoms with E-state index in [0.717, 1.165) is 12.1 Å². The third-order valence-electron chi connectivity index (χ3n) is 3.60. The Morgan fingerprint density at radius 1 is 1.05 bits per heavy atom. The molecule has 3 heteroatoms. The van der Waals surface area contributed by atoms with E-state index in [2.05, 4.69) is 30.9 Å². The smallest absolute Gasteiger partial charge is 0.0917 e. The normalized spacial score (nSPS) is 12.9. The van der Waals surface area contributed by atoms with Gasteiger partial charge in [-0.2, -0.15) is 0 Å². The van der Waals surface area contributed by atoms with Crippen molar-refractivity contribution in [3.05, 3.63) is 70.7 Å². The first-order valence-electron chi connectivity index (χ1n) is 7.28. The molecule has 21 heavy (non-hydrogen) atoms. The zero-order chi connectivity index (χ0) is 15.2. The lowest BCUT2D eigenvalue weighted by Crippen LogP contribution is -2.34. The lowest BCUT2D eigenvalue weighted by Gasteiger charge is -2.29. The molecule has 112 valence electrons. The molecule has 0 saturated carbocycles. The summed E-state index contributed by atoms with van der Waals surface area (Å²) in [6.45, 7) is 5.71. The molecule has 0 heterocycles. The molecule has 0 aliphatic rings. The summed E-state index contributed by atoms with van der Waals surface area (Å²) in [4.78, 5) is 2.26. The van der Waals surface area contributed by atoms with E-state index < -0.39 is 6.10 Å². The summed E-state index contributed by atoms with van der Waals surface area (Å²) in [5.74, 6) is 0. The number of hydrogen-bond donors (Lipinski definition) is 1. The van der Waals surface area contributed by atoms with Crippen molar-refractivity contribution >= 4 is 11.6 Å². The number of benzene rings is 2. The molecule has 0 fully saturated rings. The van der Waals surface area contributed by atoms with E-state index in [1.807, 2.05) is 42.5 Å². The van der Waals surface area contributed by atoms with Crippen molar-refractivity contribution in [2.45, 2.75) is 32.5 Å². The van der Waals surface area contributed by atoms with Crippen LogP contribution >= 0.6 is 11.6 Å². The third-order valence-corrected chi connectivity index (χ3v) is 3.83. The molecule has 1 atom stereocenters. The van der Waals surface area contributed by atoms with Gasteiger partial charge in [0.1, 0.15) is 0 Å². The molecule has 0 radical (unpaired) electrons. The zero-order valence-corrected chi connectivity index (χ0v) is 13.3. The fraction of sp³-hybridized carbons (Fsp3) is 0.333. The van der Waals surface area contributed by atoms with Gasteiger partial charge in [0.15, 0.2) is 0 Å². The van der Waals surface area contributed by atoms with Gasteiger partial charge in [-0.3, -0.25) is 4.90 Å². The monoisotopic (exact) mass is 303 g/mol. The van der Waals surface area contributed by atoms with Crippen LogP contribution in [0.3, 0.4) is 0 Å². The average molecular weight is 304 g/mol. The molecule has 0 bridgehead atoms. The lowest BCUT2D eigenvalue weighted by atomic mass is 10.1. The van der Waals surface area contributed by atoms with Crippen LogP contribution < -0.4 is 0 Å². The Balaban J connectivity index is 2.06. The summed E-state index contributed by atoms with van der Waals surface area (Å²) in [5.41, 5.74) is 2.12. The first kappa shape index (κ1) is 16.0. The molecule has 0 aromatic heterocycles. The molecule has 2 aromatic carbocycles. The Bertz CT molecular complexity index is 556. The Morgan fingerprint density at radius 2 is 1.76 bits per heavy atom. The van der Waals surface area contributed by atoms with Crippen molar-refractivity contribution in [3.63, 3.8) is 0 Å². The van der Waals surface area contributed by atoms with Gasteiger partial charge in [-0.05, 0) is 37.1 Å². The highest BCUT2D eigenvalue weighted by atomic mass is 35.5. The SMILES string of the molecule is CC(C)N(Cc1ccccc1)CC(O)c1cccc(Cl)c1. The Kier molecular flexibility index (Phi) is 5.80. The fourth-order valence-corrected chi connectivity index (χ4v) is 2.52. The van der Waals surface area contributed by atoms with E-state index in [4.69, 9.17) is 11.6 Å². The number of rotatable bonds is 6. The maximum atomic E-state index is 10.4. The van der Waals surface area contributed by atoms with Gasteiger partial charge in [-0.1, -0.05) is 54.1 Å². The molecular weight excluding hydrogens is 282 g/mol. The van der Waals surface area contributed by atoms with Gasteiger partial charge in [-0.25, -0.2) is 0 Å². The van der Waals surface area contributed by atoms with Crippen LogP contribution in [0.25, 0.3) is 0 Å². The second-order valence-electron chi connectivity index (χ2n) is 5.58. The largest absolute Gasteiger partial charge is 0.387 e. The number of hydrogen-bond acceptors (Lipinski definition) is 2. The van der Waals surface area contributed by atoms with Gasteiger partial charge in [-0.15, -0.1) is 0 Å². The molecule has 0 aliphatic heterocycles. The maximum Gasteiger partial charge on any atom is 0.0917 e. The summed E-state index contributed by atoms with van der Waals surface area (Å²) < 4.78 is 0. The minimum atomic E-state index is -0.533. The molecule has 0 amide bonds. The minimum absolute atomic E-state index is 0.360. The van der Waals surface area contributed by atoms with Crippen LogP contribution in [-0.4, -0.2) is 22.6 Å². The van der Waals surface area contributed by atoms with Crippen molar-refractivity contribution in [3.8, 4) is 0 Å². The van der Waals surface area contributed by atoms with Crippen molar-refractivity contribution < 1.29 is 5.11 Å². The fourth-order valence-electron chi connectivity index (χ4n) is 2.32. The summed E-state index contributed by atoms with van der Waals surface area (Å²) in [6.07, 6.45) is -0.533. The molecule has 1 N–H and O–H groups in total. The van der Waals surface area contributed by atoms with Crippen LogP contribution in [0.15, 0.2) is 54.6 Å². The predicted molar refractivity (Wildman–Crippen MR) is 88.4 cm³/mol. The number of aliphatic hydroxyl groups is 1. The molecule has 1 unspecified atom stereocenters. The van der Waals surface area contributed by atoms with E-state index in [9.17, 15) is 5.11 Å². The molecule has 2 nitrogen and oxygen atoms in total. The van der Waals surface area contributed by atoms with Gasteiger partial charge < -0.3 is 5.11 Å². The third kappa shape index (κ3) is 4.85. The first-order valence-corrected chi connectivity index (χ1v) is 7.65. The van der Waals surface area contributed by atoms with E-state index in [1.165, 1.54) is 5.56 Å². The van der Waals surface area contributed by atoms with Gasteiger partial charge >= 0.3 is 0 Å². The molecule has 0 saturated heterocycles. The van der Waals surface area contributed by atoms with E-state index in [0.29, 0.717) is 17.6 Å². The standard InChI is InChI=1S/C18H22ClNO/c1-14(2)20(12-15-7-4-3-5-8-15)13-18(21)16-9-6-10-17(19)11-16/h3-11,14,18,21H,12-13H2,1-2H3. The van der Waals surface area contributed by atoms with Crippen molar-refractivity contribution in [1.29, 1.82) is 0 Å². The number of nitrogens with zero attached hydrogens (tertiary/aromatic N) is 1. The van der Waals surface area contributed by atoms with Gasteiger partial charge in [0.25, 0.3) is 0 Å². The second kappa shape index (κ2) is 7.60. The zero-order valence-electron chi connectivity index (χ0n) is 12.5. The number of halogens is 1. The summed E-state index contributed by atoms with van der Waals surface area (Å²) in [7, 11) is 0. The van der Waals surface area contributed by atoms with E-state index in [-0.39, 0.29) is 0 Å².